The highest BCUT2D eigenvalue weighted by atomic mass is 19.3. The van der Waals surface area contributed by atoms with E-state index in [1.54, 1.807) is 28.4 Å². The van der Waals surface area contributed by atoms with Gasteiger partial charge in [0.1, 0.15) is 5.65 Å². The van der Waals surface area contributed by atoms with Gasteiger partial charge in [-0.3, -0.25) is 24.3 Å². The molecule has 0 spiro atoms. The molecule has 0 aliphatic carbocycles. The third-order valence-electron chi connectivity index (χ3n) is 4.92. The molecule has 1 saturated heterocycles. The van der Waals surface area contributed by atoms with E-state index in [4.69, 9.17) is 5.21 Å². The van der Waals surface area contributed by atoms with E-state index in [2.05, 4.69) is 9.97 Å². The number of carbonyl (C=O) groups excluding carboxylic acids is 2. The molecule has 1 aliphatic rings. The normalized spacial score (nSPS) is 16.0. The Balaban J connectivity index is 1.61. The van der Waals surface area contributed by atoms with Crippen molar-refractivity contribution in [3.05, 3.63) is 54.1 Å². The Morgan fingerprint density at radius 3 is 2.59 bits per heavy atom. The van der Waals surface area contributed by atoms with Gasteiger partial charge in [0, 0.05) is 49.9 Å². The van der Waals surface area contributed by atoms with Crippen LogP contribution in [0.1, 0.15) is 33.6 Å². The highest BCUT2D eigenvalue weighted by Gasteiger charge is 2.35. The van der Waals surface area contributed by atoms with Gasteiger partial charge in [-0.2, -0.15) is 0 Å². The fraction of sp³-hybridized carbons (Fsp3) is 0.263. The summed E-state index contributed by atoms with van der Waals surface area (Å²) in [4.78, 5) is 34.0. The van der Waals surface area contributed by atoms with Gasteiger partial charge in [-0.25, -0.2) is 19.2 Å². The number of hydroxylamine groups is 1. The molecule has 0 atom stereocenters. The highest BCUT2D eigenvalue weighted by molar-refractivity contribution is 5.97. The molecule has 29 heavy (non-hydrogen) atoms. The summed E-state index contributed by atoms with van der Waals surface area (Å²) in [5, 5.41) is 9.45. The Bertz CT molecular complexity index is 1090. The van der Waals surface area contributed by atoms with Gasteiger partial charge in [0.05, 0.1) is 23.0 Å². The second-order valence-corrected chi connectivity index (χ2v) is 6.84. The number of hydrogen-bond acceptors (Lipinski definition) is 5. The van der Waals surface area contributed by atoms with Crippen molar-refractivity contribution in [1.29, 1.82) is 0 Å². The van der Waals surface area contributed by atoms with Gasteiger partial charge in [-0.1, -0.05) is 0 Å². The maximum absolute atomic E-state index is 13.3. The standard InChI is InChI=1S/C19H17F2N5O3/c20-19(21)2-5-25(6-3-19)18(28)14-7-12-1-4-26(16(12)23-10-14)15-8-13(9-22-11-15)17(27)24-29/h1,4,7-11,29H,2-3,5-6H2,(H,24,27). The Hall–Kier alpha value is -3.40. The summed E-state index contributed by atoms with van der Waals surface area (Å²) in [6.45, 7) is 0.0204. The lowest BCUT2D eigenvalue weighted by Gasteiger charge is -2.31. The third-order valence-corrected chi connectivity index (χ3v) is 4.92. The van der Waals surface area contributed by atoms with Gasteiger partial charge >= 0.3 is 0 Å². The number of carbonyl (C=O) groups is 2. The first-order valence-corrected chi connectivity index (χ1v) is 8.92. The van der Waals surface area contributed by atoms with Crippen molar-refractivity contribution < 1.29 is 23.6 Å². The van der Waals surface area contributed by atoms with Gasteiger partial charge in [0.25, 0.3) is 17.7 Å². The number of piperidine rings is 1. The number of rotatable bonds is 3. The summed E-state index contributed by atoms with van der Waals surface area (Å²) in [6, 6.07) is 4.94. The maximum Gasteiger partial charge on any atom is 0.276 e. The van der Waals surface area contributed by atoms with Crippen LogP contribution in [0.5, 0.6) is 0 Å². The average molecular weight is 401 g/mol. The summed E-state index contributed by atoms with van der Waals surface area (Å²) in [5.74, 6) is -3.74. The lowest BCUT2D eigenvalue weighted by atomic mass is 10.1. The molecular weight excluding hydrogens is 384 g/mol. The Labute approximate surface area is 163 Å². The number of alkyl halides is 2. The topological polar surface area (TPSA) is 100 Å². The number of hydrogen-bond donors (Lipinski definition) is 2. The molecule has 4 heterocycles. The zero-order chi connectivity index (χ0) is 20.6. The SMILES string of the molecule is O=C(NO)c1cncc(-n2ccc3cc(C(=O)N4CCC(F)(F)CC4)cnc32)c1. The molecule has 150 valence electrons. The van der Waals surface area contributed by atoms with E-state index in [9.17, 15) is 18.4 Å². The smallest absolute Gasteiger partial charge is 0.276 e. The highest BCUT2D eigenvalue weighted by Crippen LogP contribution is 2.28. The summed E-state index contributed by atoms with van der Waals surface area (Å²) in [6.07, 6.45) is 5.29. The molecule has 1 aliphatic heterocycles. The van der Waals surface area contributed by atoms with E-state index in [-0.39, 0.29) is 37.4 Å². The predicted octanol–water partition coefficient (Wildman–Crippen LogP) is 2.41. The van der Waals surface area contributed by atoms with Crippen molar-refractivity contribution in [2.45, 2.75) is 18.8 Å². The number of halogens is 2. The summed E-state index contributed by atoms with van der Waals surface area (Å²) >= 11 is 0. The molecule has 1 fully saturated rings. The van der Waals surface area contributed by atoms with Crippen molar-refractivity contribution in [3.63, 3.8) is 0 Å². The van der Waals surface area contributed by atoms with Crippen LogP contribution >= 0.6 is 0 Å². The zero-order valence-corrected chi connectivity index (χ0v) is 15.2. The number of likely N-dealkylation sites (tertiary alicyclic amines) is 1. The predicted molar refractivity (Wildman–Crippen MR) is 98.2 cm³/mol. The van der Waals surface area contributed by atoms with Crippen LogP contribution < -0.4 is 5.48 Å². The van der Waals surface area contributed by atoms with Gasteiger partial charge in [0.15, 0.2) is 0 Å². The van der Waals surface area contributed by atoms with E-state index in [1.807, 2.05) is 0 Å². The number of nitrogens with zero attached hydrogens (tertiary/aromatic N) is 4. The minimum atomic E-state index is -2.72. The molecule has 0 radical (unpaired) electrons. The van der Waals surface area contributed by atoms with Gasteiger partial charge in [-0.15, -0.1) is 0 Å². The first kappa shape index (κ1) is 18.9. The second kappa shape index (κ2) is 7.21. The van der Waals surface area contributed by atoms with Crippen LogP contribution in [0, 0.1) is 0 Å². The number of pyridine rings is 2. The van der Waals surface area contributed by atoms with Crippen LogP contribution in [-0.2, 0) is 0 Å². The minimum Gasteiger partial charge on any atom is -0.338 e. The van der Waals surface area contributed by atoms with E-state index in [0.717, 1.165) is 0 Å². The largest absolute Gasteiger partial charge is 0.338 e. The van der Waals surface area contributed by atoms with Crippen molar-refractivity contribution in [2.24, 2.45) is 0 Å². The monoisotopic (exact) mass is 401 g/mol. The second-order valence-electron chi connectivity index (χ2n) is 6.84. The lowest BCUT2D eigenvalue weighted by Crippen LogP contribution is -2.42. The van der Waals surface area contributed by atoms with Crippen LogP contribution in [-0.4, -0.2) is 55.5 Å². The van der Waals surface area contributed by atoms with Crippen LogP contribution in [0.15, 0.2) is 43.0 Å². The zero-order valence-electron chi connectivity index (χ0n) is 15.2. The van der Waals surface area contributed by atoms with E-state index in [0.29, 0.717) is 22.3 Å². The lowest BCUT2D eigenvalue weighted by molar-refractivity contribution is -0.0494. The average Bonchev–Trinajstić information content (AvgIpc) is 3.16. The number of amides is 2. The molecule has 3 aromatic rings. The number of aromatic nitrogens is 3. The Kier molecular flexibility index (Phi) is 4.71. The van der Waals surface area contributed by atoms with Crippen LogP contribution in [0.3, 0.4) is 0 Å². The van der Waals surface area contributed by atoms with E-state index >= 15 is 0 Å². The van der Waals surface area contributed by atoms with Crippen molar-refractivity contribution >= 4 is 22.8 Å². The van der Waals surface area contributed by atoms with Gasteiger partial charge in [-0.05, 0) is 18.2 Å². The summed E-state index contributed by atoms with van der Waals surface area (Å²) in [5.41, 5.74) is 3.13. The molecule has 10 heteroatoms. The molecule has 0 saturated carbocycles. The minimum absolute atomic E-state index is 0.0102. The van der Waals surface area contributed by atoms with Crippen LogP contribution in [0.25, 0.3) is 16.7 Å². The quantitative estimate of drug-likeness (QED) is 0.519. The third kappa shape index (κ3) is 3.66. The van der Waals surface area contributed by atoms with Crippen LogP contribution in [0.2, 0.25) is 0 Å². The Morgan fingerprint density at radius 2 is 1.86 bits per heavy atom. The van der Waals surface area contributed by atoms with Crippen molar-refractivity contribution in [2.75, 3.05) is 13.1 Å². The molecule has 0 aromatic carbocycles. The first-order chi connectivity index (χ1) is 13.9. The molecule has 0 unspecified atom stereocenters. The van der Waals surface area contributed by atoms with Gasteiger partial charge in [0.2, 0.25) is 0 Å². The van der Waals surface area contributed by atoms with Crippen molar-refractivity contribution in [3.8, 4) is 5.69 Å². The summed E-state index contributed by atoms with van der Waals surface area (Å²) in [7, 11) is 0. The molecule has 2 N–H and O–H groups in total. The number of fused-ring (bicyclic) bond motifs is 1. The molecular formula is C19H17F2N5O3. The molecule has 0 bridgehead atoms. The van der Waals surface area contributed by atoms with E-state index < -0.39 is 11.8 Å². The summed E-state index contributed by atoms with van der Waals surface area (Å²) < 4.78 is 28.3. The molecule has 3 aromatic heterocycles. The molecule has 8 nitrogen and oxygen atoms in total. The fourth-order valence-electron chi connectivity index (χ4n) is 3.32. The Morgan fingerprint density at radius 1 is 1.10 bits per heavy atom. The van der Waals surface area contributed by atoms with Crippen LogP contribution in [0.4, 0.5) is 8.78 Å². The number of nitrogens with one attached hydrogen (secondary N) is 1. The van der Waals surface area contributed by atoms with Crippen molar-refractivity contribution in [1.82, 2.24) is 24.9 Å². The molecule has 2 amide bonds. The molecule has 4 rings (SSSR count). The maximum atomic E-state index is 13.3. The fourth-order valence-corrected chi connectivity index (χ4v) is 3.32. The van der Waals surface area contributed by atoms with E-state index in [1.165, 1.54) is 29.6 Å². The van der Waals surface area contributed by atoms with Gasteiger partial charge < -0.3 is 4.90 Å². The first-order valence-electron chi connectivity index (χ1n) is 8.92.